The number of hydrogen-bond donors (Lipinski definition) is 1. The second-order valence-electron chi connectivity index (χ2n) is 4.43. The van der Waals surface area contributed by atoms with Crippen LogP contribution in [0.3, 0.4) is 0 Å². The molecule has 0 saturated heterocycles. The van der Waals surface area contributed by atoms with Crippen LogP contribution in [0.2, 0.25) is 0 Å². The summed E-state index contributed by atoms with van der Waals surface area (Å²) in [6, 6.07) is 9.47. The number of H-pyrrole nitrogens is 1. The molecule has 2 heterocycles. The Bertz CT molecular complexity index is 976. The van der Waals surface area contributed by atoms with E-state index in [9.17, 15) is 9.59 Å². The molecule has 0 saturated carbocycles. The molecule has 0 aliphatic heterocycles. The Hall–Kier alpha value is -1.97. The van der Waals surface area contributed by atoms with Crippen molar-refractivity contribution < 1.29 is 9.53 Å². The molecule has 0 amide bonds. The Morgan fingerprint density at radius 2 is 2.17 bits per heavy atom. The van der Waals surface area contributed by atoms with Crippen LogP contribution in [0.25, 0.3) is 16.0 Å². The van der Waals surface area contributed by atoms with Gasteiger partial charge in [0.2, 0.25) is 0 Å². The van der Waals surface area contributed by atoms with Gasteiger partial charge in [-0.3, -0.25) is 14.2 Å². The highest BCUT2D eigenvalue weighted by atomic mass is 32.2. The topological polar surface area (TPSA) is 77.0 Å². The Kier molecular flexibility index (Phi) is 4.60. The molecule has 0 fully saturated rings. The molecule has 118 valence electrons. The lowest BCUT2D eigenvalue weighted by Gasteiger charge is -2.05. The van der Waals surface area contributed by atoms with Crippen molar-refractivity contribution in [2.45, 2.75) is 5.16 Å². The Labute approximate surface area is 144 Å². The predicted octanol–water partition coefficient (Wildman–Crippen LogP) is 2.77. The number of carbonyl (C=O) groups excluding carboxylic acids is 1. The molecule has 0 aliphatic carbocycles. The van der Waals surface area contributed by atoms with Crippen LogP contribution in [0.4, 0.5) is 0 Å². The lowest BCUT2D eigenvalue weighted by Crippen LogP contribution is -2.11. The van der Waals surface area contributed by atoms with E-state index in [1.54, 1.807) is 4.57 Å². The van der Waals surface area contributed by atoms with Crippen LogP contribution in [-0.2, 0) is 9.53 Å². The maximum absolute atomic E-state index is 12.2. The molecule has 1 aromatic carbocycles. The van der Waals surface area contributed by atoms with Crippen LogP contribution in [0.5, 0.6) is 0 Å². The number of fused-ring (bicyclic) bond motifs is 1. The van der Waals surface area contributed by atoms with Gasteiger partial charge in [-0.15, -0.1) is 0 Å². The van der Waals surface area contributed by atoms with E-state index < -0.39 is 0 Å². The molecule has 0 unspecified atom stereocenters. The second kappa shape index (κ2) is 6.65. The number of benzene rings is 1. The van der Waals surface area contributed by atoms with Crippen LogP contribution in [0.15, 0.2) is 40.3 Å². The van der Waals surface area contributed by atoms with Gasteiger partial charge in [0.15, 0.2) is 14.8 Å². The van der Waals surface area contributed by atoms with Crippen molar-refractivity contribution in [2.24, 2.45) is 0 Å². The summed E-state index contributed by atoms with van der Waals surface area (Å²) < 4.78 is 7.34. The van der Waals surface area contributed by atoms with Crippen molar-refractivity contribution in [3.05, 3.63) is 44.6 Å². The number of nitrogens with zero attached hydrogens (tertiary/aromatic N) is 2. The number of methoxy groups -OCH3 is 1. The normalized spacial score (nSPS) is 10.8. The van der Waals surface area contributed by atoms with Crippen LogP contribution in [0.1, 0.15) is 0 Å². The zero-order valence-electron chi connectivity index (χ0n) is 11.9. The molecule has 0 radical (unpaired) electrons. The highest BCUT2D eigenvalue weighted by molar-refractivity contribution is 7.99. The zero-order chi connectivity index (χ0) is 16.4. The summed E-state index contributed by atoms with van der Waals surface area (Å²) in [4.78, 5) is 30.6. The molecular weight excluding hydrogens is 354 g/mol. The van der Waals surface area contributed by atoms with Crippen LogP contribution < -0.4 is 5.56 Å². The number of carbonyl (C=O) groups is 1. The average Bonchev–Trinajstić information content (AvgIpc) is 2.90. The Morgan fingerprint density at radius 3 is 2.87 bits per heavy atom. The molecule has 2 aromatic heterocycles. The van der Waals surface area contributed by atoms with E-state index in [-0.39, 0.29) is 17.3 Å². The van der Waals surface area contributed by atoms with Crippen molar-refractivity contribution >= 4 is 51.6 Å². The Balaban J connectivity index is 2.13. The number of esters is 1. The average molecular weight is 365 g/mol. The standard InChI is InChI=1S/C14H11N3O3S3/c1-20-9(18)7-22-13-15-11-10(12(19)16-13)23-14(21)17(11)8-5-3-2-4-6-8/h2-6H,7H2,1H3,(H,15,16,19). The number of aromatic nitrogens is 3. The highest BCUT2D eigenvalue weighted by Crippen LogP contribution is 2.24. The van der Waals surface area contributed by atoms with Gasteiger partial charge in [-0.05, 0) is 24.4 Å². The summed E-state index contributed by atoms with van der Waals surface area (Å²) in [6.07, 6.45) is 0. The fourth-order valence-corrected chi connectivity index (χ4v) is 3.91. The van der Waals surface area contributed by atoms with Crippen molar-refractivity contribution in [1.82, 2.24) is 14.5 Å². The van der Waals surface area contributed by atoms with E-state index in [4.69, 9.17) is 12.2 Å². The summed E-state index contributed by atoms with van der Waals surface area (Å²) in [5.74, 6) is -0.316. The first-order valence-corrected chi connectivity index (χ1v) is 8.72. The van der Waals surface area contributed by atoms with Crippen molar-refractivity contribution in [2.75, 3.05) is 12.9 Å². The maximum Gasteiger partial charge on any atom is 0.316 e. The summed E-state index contributed by atoms with van der Waals surface area (Å²) in [6.45, 7) is 0. The van der Waals surface area contributed by atoms with Crippen LogP contribution in [0, 0.1) is 3.95 Å². The first-order valence-electron chi connectivity index (χ1n) is 6.51. The van der Waals surface area contributed by atoms with E-state index in [0.29, 0.717) is 19.5 Å². The van der Waals surface area contributed by atoms with E-state index in [0.717, 1.165) is 17.4 Å². The van der Waals surface area contributed by atoms with Crippen LogP contribution in [-0.4, -0.2) is 33.4 Å². The molecule has 0 bridgehead atoms. The van der Waals surface area contributed by atoms with Gasteiger partial charge >= 0.3 is 5.97 Å². The molecule has 1 N–H and O–H groups in total. The number of hydrogen-bond acceptors (Lipinski definition) is 7. The molecule has 0 atom stereocenters. The SMILES string of the molecule is COC(=O)CSc1nc2c(sc(=S)n2-c2ccccc2)c(=O)[nH]1. The fourth-order valence-electron chi connectivity index (χ4n) is 1.95. The third-order valence-corrected chi connectivity index (χ3v) is 5.20. The third kappa shape index (κ3) is 3.21. The molecule has 0 aliphatic rings. The van der Waals surface area contributed by atoms with Crippen molar-refractivity contribution in [1.29, 1.82) is 0 Å². The minimum Gasteiger partial charge on any atom is -0.468 e. The Morgan fingerprint density at radius 1 is 1.43 bits per heavy atom. The van der Waals surface area contributed by atoms with Gasteiger partial charge in [-0.25, -0.2) is 4.98 Å². The molecule has 0 spiro atoms. The van der Waals surface area contributed by atoms with Crippen molar-refractivity contribution in [3.8, 4) is 5.69 Å². The van der Waals surface area contributed by atoms with Gasteiger partial charge in [-0.2, -0.15) is 0 Å². The van der Waals surface area contributed by atoms with Gasteiger partial charge < -0.3 is 9.72 Å². The van der Waals surface area contributed by atoms with Gasteiger partial charge in [0.1, 0.15) is 4.70 Å². The number of nitrogens with one attached hydrogen (secondary N) is 1. The lowest BCUT2D eigenvalue weighted by molar-refractivity contribution is -0.137. The maximum atomic E-state index is 12.2. The number of thiazole rings is 1. The molecule has 6 nitrogen and oxygen atoms in total. The molecule has 9 heteroatoms. The molecular formula is C14H11N3O3S3. The van der Waals surface area contributed by atoms with Gasteiger partial charge in [0, 0.05) is 5.69 Å². The number of ether oxygens (including phenoxy) is 1. The van der Waals surface area contributed by atoms with E-state index >= 15 is 0 Å². The third-order valence-electron chi connectivity index (χ3n) is 2.99. The second-order valence-corrected chi connectivity index (χ2v) is 7.04. The summed E-state index contributed by atoms with van der Waals surface area (Å²) in [7, 11) is 1.31. The molecule has 3 aromatic rings. The summed E-state index contributed by atoms with van der Waals surface area (Å²) in [5.41, 5.74) is 1.06. The highest BCUT2D eigenvalue weighted by Gasteiger charge is 2.14. The van der Waals surface area contributed by atoms with Gasteiger partial charge in [-0.1, -0.05) is 41.3 Å². The van der Waals surface area contributed by atoms with Gasteiger partial charge in [0.25, 0.3) is 5.56 Å². The number of aromatic amines is 1. The summed E-state index contributed by atoms with van der Waals surface area (Å²) >= 11 is 7.69. The number of para-hydroxylation sites is 1. The van der Waals surface area contributed by atoms with Crippen LogP contribution >= 0.6 is 35.3 Å². The lowest BCUT2D eigenvalue weighted by atomic mass is 10.3. The van der Waals surface area contributed by atoms with E-state index in [2.05, 4.69) is 14.7 Å². The van der Waals surface area contributed by atoms with E-state index in [1.165, 1.54) is 18.4 Å². The first kappa shape index (κ1) is 15.9. The monoisotopic (exact) mass is 365 g/mol. The predicted molar refractivity (Wildman–Crippen MR) is 93.1 cm³/mol. The molecule has 3 rings (SSSR count). The zero-order valence-corrected chi connectivity index (χ0v) is 14.4. The molecule has 23 heavy (non-hydrogen) atoms. The van der Waals surface area contributed by atoms with Crippen molar-refractivity contribution in [3.63, 3.8) is 0 Å². The van der Waals surface area contributed by atoms with E-state index in [1.807, 2.05) is 30.3 Å². The first-order chi connectivity index (χ1) is 11.1. The smallest absolute Gasteiger partial charge is 0.316 e. The fraction of sp³-hybridized carbons (Fsp3) is 0.143. The summed E-state index contributed by atoms with van der Waals surface area (Å²) in [5, 5.41) is 0.352. The minimum absolute atomic E-state index is 0.0706. The minimum atomic E-state index is -0.386. The number of thioether (sulfide) groups is 1. The quantitative estimate of drug-likeness (QED) is 0.332. The largest absolute Gasteiger partial charge is 0.468 e. The van der Waals surface area contributed by atoms with Gasteiger partial charge in [0.05, 0.1) is 12.9 Å². The number of rotatable bonds is 4.